The average Bonchev–Trinajstić information content (AvgIpc) is 2.31. The fraction of sp³-hybridized carbons (Fsp3) is 0.778. The molecule has 1 N–H and O–H groups in total. The van der Waals surface area contributed by atoms with Crippen molar-refractivity contribution in [1.29, 1.82) is 0 Å². The SMILES string of the molecule is C=C(C)CO[C@H]1CCC[C@H]1O. The van der Waals surface area contributed by atoms with Crippen molar-refractivity contribution < 1.29 is 9.84 Å². The maximum Gasteiger partial charge on any atom is 0.0838 e. The summed E-state index contributed by atoms with van der Waals surface area (Å²) in [7, 11) is 0. The van der Waals surface area contributed by atoms with Gasteiger partial charge in [-0.15, -0.1) is 0 Å². The highest BCUT2D eigenvalue weighted by atomic mass is 16.5. The van der Waals surface area contributed by atoms with Crippen molar-refractivity contribution in [3.63, 3.8) is 0 Å². The lowest BCUT2D eigenvalue weighted by Gasteiger charge is -2.14. The van der Waals surface area contributed by atoms with Crippen LogP contribution in [0.4, 0.5) is 0 Å². The molecule has 0 amide bonds. The van der Waals surface area contributed by atoms with Crippen LogP contribution < -0.4 is 0 Å². The van der Waals surface area contributed by atoms with Gasteiger partial charge in [-0.1, -0.05) is 12.2 Å². The van der Waals surface area contributed by atoms with Gasteiger partial charge in [0.2, 0.25) is 0 Å². The van der Waals surface area contributed by atoms with Crippen molar-refractivity contribution in [1.82, 2.24) is 0 Å². The summed E-state index contributed by atoms with van der Waals surface area (Å²) in [4.78, 5) is 0. The largest absolute Gasteiger partial charge is 0.390 e. The third-order valence-corrected chi connectivity index (χ3v) is 1.96. The monoisotopic (exact) mass is 156 g/mol. The molecule has 1 fully saturated rings. The van der Waals surface area contributed by atoms with E-state index in [1.807, 2.05) is 6.92 Å². The van der Waals surface area contributed by atoms with Crippen LogP contribution in [0.15, 0.2) is 12.2 Å². The van der Waals surface area contributed by atoms with E-state index in [1.165, 1.54) is 0 Å². The minimum absolute atomic E-state index is 0.0618. The Morgan fingerprint density at radius 2 is 2.36 bits per heavy atom. The van der Waals surface area contributed by atoms with Gasteiger partial charge in [0.25, 0.3) is 0 Å². The molecule has 0 bridgehead atoms. The van der Waals surface area contributed by atoms with E-state index in [2.05, 4.69) is 6.58 Å². The molecular weight excluding hydrogens is 140 g/mol. The fourth-order valence-electron chi connectivity index (χ4n) is 1.35. The van der Waals surface area contributed by atoms with Gasteiger partial charge in [-0.05, 0) is 26.2 Å². The van der Waals surface area contributed by atoms with Gasteiger partial charge in [0, 0.05) is 0 Å². The second-order valence-electron chi connectivity index (χ2n) is 3.30. The Balaban J connectivity index is 2.20. The predicted octanol–water partition coefficient (Wildman–Crippen LogP) is 1.49. The average molecular weight is 156 g/mol. The Hall–Kier alpha value is -0.340. The molecule has 1 rings (SSSR count). The summed E-state index contributed by atoms with van der Waals surface area (Å²) < 4.78 is 5.43. The van der Waals surface area contributed by atoms with E-state index in [0.717, 1.165) is 24.8 Å². The second-order valence-corrected chi connectivity index (χ2v) is 3.30. The summed E-state index contributed by atoms with van der Waals surface area (Å²) in [6, 6.07) is 0. The zero-order valence-electron chi connectivity index (χ0n) is 7.05. The Morgan fingerprint density at radius 3 is 2.82 bits per heavy atom. The zero-order valence-corrected chi connectivity index (χ0v) is 7.05. The summed E-state index contributed by atoms with van der Waals surface area (Å²) in [6.45, 7) is 6.25. The van der Waals surface area contributed by atoms with E-state index in [9.17, 15) is 5.11 Å². The maximum atomic E-state index is 9.35. The Labute approximate surface area is 67.9 Å². The lowest BCUT2D eigenvalue weighted by molar-refractivity contribution is -0.00867. The summed E-state index contributed by atoms with van der Waals surface area (Å²) in [5.41, 5.74) is 1.02. The highest BCUT2D eigenvalue weighted by Gasteiger charge is 2.25. The van der Waals surface area contributed by atoms with E-state index < -0.39 is 0 Å². The molecule has 0 aromatic heterocycles. The highest BCUT2D eigenvalue weighted by Crippen LogP contribution is 2.21. The lowest BCUT2D eigenvalue weighted by atomic mass is 10.2. The first-order valence-corrected chi connectivity index (χ1v) is 4.14. The summed E-state index contributed by atoms with van der Waals surface area (Å²) in [6.07, 6.45) is 2.79. The molecule has 1 aliphatic rings. The molecule has 2 atom stereocenters. The first-order chi connectivity index (χ1) is 5.20. The Bertz CT molecular complexity index is 142. The minimum Gasteiger partial charge on any atom is -0.390 e. The molecule has 2 heteroatoms. The molecule has 11 heavy (non-hydrogen) atoms. The van der Waals surface area contributed by atoms with Crippen LogP contribution in [0.25, 0.3) is 0 Å². The molecule has 64 valence electrons. The van der Waals surface area contributed by atoms with Crippen LogP contribution in [-0.4, -0.2) is 23.9 Å². The van der Waals surface area contributed by atoms with Gasteiger partial charge in [-0.25, -0.2) is 0 Å². The number of aliphatic hydroxyl groups excluding tert-OH is 1. The van der Waals surface area contributed by atoms with Gasteiger partial charge in [0.15, 0.2) is 0 Å². The third kappa shape index (κ3) is 2.64. The first-order valence-electron chi connectivity index (χ1n) is 4.14. The molecular formula is C9H16O2. The quantitative estimate of drug-likeness (QED) is 0.627. The van der Waals surface area contributed by atoms with Gasteiger partial charge in [-0.3, -0.25) is 0 Å². The van der Waals surface area contributed by atoms with Crippen LogP contribution in [0.2, 0.25) is 0 Å². The fourth-order valence-corrected chi connectivity index (χ4v) is 1.35. The zero-order chi connectivity index (χ0) is 8.27. The van der Waals surface area contributed by atoms with Gasteiger partial charge < -0.3 is 9.84 Å². The van der Waals surface area contributed by atoms with Crippen molar-refractivity contribution in [2.45, 2.75) is 38.4 Å². The van der Waals surface area contributed by atoms with E-state index in [4.69, 9.17) is 4.74 Å². The number of hydrogen-bond acceptors (Lipinski definition) is 2. The van der Waals surface area contributed by atoms with Gasteiger partial charge in [0.05, 0.1) is 18.8 Å². The van der Waals surface area contributed by atoms with Crippen molar-refractivity contribution in [3.05, 3.63) is 12.2 Å². The molecule has 0 unspecified atom stereocenters. The number of aliphatic hydroxyl groups is 1. The van der Waals surface area contributed by atoms with Crippen molar-refractivity contribution in [2.75, 3.05) is 6.61 Å². The van der Waals surface area contributed by atoms with E-state index in [0.29, 0.717) is 6.61 Å². The van der Waals surface area contributed by atoms with Crippen LogP contribution in [0.3, 0.4) is 0 Å². The molecule has 0 saturated heterocycles. The smallest absolute Gasteiger partial charge is 0.0838 e. The molecule has 1 saturated carbocycles. The minimum atomic E-state index is -0.241. The Morgan fingerprint density at radius 1 is 1.64 bits per heavy atom. The molecule has 0 radical (unpaired) electrons. The van der Waals surface area contributed by atoms with Crippen LogP contribution in [0.5, 0.6) is 0 Å². The van der Waals surface area contributed by atoms with Gasteiger partial charge >= 0.3 is 0 Å². The van der Waals surface area contributed by atoms with Gasteiger partial charge in [-0.2, -0.15) is 0 Å². The number of ether oxygens (including phenoxy) is 1. The molecule has 0 heterocycles. The molecule has 2 nitrogen and oxygen atoms in total. The van der Waals surface area contributed by atoms with Crippen LogP contribution in [0, 0.1) is 0 Å². The van der Waals surface area contributed by atoms with Crippen molar-refractivity contribution in [3.8, 4) is 0 Å². The highest BCUT2D eigenvalue weighted by molar-refractivity contribution is 4.89. The van der Waals surface area contributed by atoms with Crippen LogP contribution in [-0.2, 0) is 4.74 Å². The lowest BCUT2D eigenvalue weighted by Crippen LogP contribution is -2.23. The topological polar surface area (TPSA) is 29.5 Å². The van der Waals surface area contributed by atoms with Crippen molar-refractivity contribution in [2.24, 2.45) is 0 Å². The molecule has 0 aromatic rings. The first kappa shape index (κ1) is 8.75. The molecule has 0 spiro atoms. The molecule has 1 aliphatic carbocycles. The summed E-state index contributed by atoms with van der Waals surface area (Å²) in [5.74, 6) is 0. The molecule has 0 aromatic carbocycles. The van der Waals surface area contributed by atoms with Crippen LogP contribution in [0.1, 0.15) is 26.2 Å². The van der Waals surface area contributed by atoms with E-state index >= 15 is 0 Å². The van der Waals surface area contributed by atoms with Crippen molar-refractivity contribution >= 4 is 0 Å². The third-order valence-electron chi connectivity index (χ3n) is 1.96. The summed E-state index contributed by atoms with van der Waals surface area (Å²) in [5, 5.41) is 9.35. The van der Waals surface area contributed by atoms with Crippen LogP contribution >= 0.6 is 0 Å². The number of rotatable bonds is 3. The Kier molecular flexibility index (Phi) is 3.09. The summed E-state index contributed by atoms with van der Waals surface area (Å²) >= 11 is 0. The van der Waals surface area contributed by atoms with E-state index in [1.54, 1.807) is 0 Å². The molecule has 0 aliphatic heterocycles. The number of hydrogen-bond donors (Lipinski definition) is 1. The van der Waals surface area contributed by atoms with E-state index in [-0.39, 0.29) is 12.2 Å². The standard InChI is InChI=1S/C9H16O2/c1-7(2)6-11-9-5-3-4-8(9)10/h8-10H,1,3-6H2,2H3/t8-,9+/m1/s1. The maximum absolute atomic E-state index is 9.35. The van der Waals surface area contributed by atoms with Gasteiger partial charge in [0.1, 0.15) is 0 Å². The normalized spacial score (nSPS) is 30.7. The predicted molar refractivity (Wildman–Crippen MR) is 44.4 cm³/mol. The second kappa shape index (κ2) is 3.88.